The molecule has 1 aliphatic heterocycles. The molecule has 2 saturated carbocycles. The van der Waals surface area contributed by atoms with Crippen molar-refractivity contribution in [2.75, 3.05) is 13.7 Å². The summed E-state index contributed by atoms with van der Waals surface area (Å²) < 4.78 is 43.4. The number of hydrogen-bond acceptors (Lipinski definition) is 5. The molecule has 0 radical (unpaired) electrons. The highest BCUT2D eigenvalue weighted by atomic mass is 19.4. The third-order valence-electron chi connectivity index (χ3n) is 7.73. The molecule has 5 rings (SSSR count). The van der Waals surface area contributed by atoms with Crippen LogP contribution in [-0.4, -0.2) is 41.5 Å². The van der Waals surface area contributed by atoms with Gasteiger partial charge in [-0.3, -0.25) is 14.7 Å². The fourth-order valence-corrected chi connectivity index (χ4v) is 5.15. The number of carbonyl (C=O) groups is 2. The van der Waals surface area contributed by atoms with Crippen molar-refractivity contribution >= 4 is 11.9 Å². The smallest absolute Gasteiger partial charge is 0.433 e. The molecule has 1 aromatic heterocycles. The largest absolute Gasteiger partial charge is 0.465 e. The van der Waals surface area contributed by atoms with Crippen molar-refractivity contribution in [1.29, 1.82) is 0 Å². The second-order valence-corrected chi connectivity index (χ2v) is 10.1. The van der Waals surface area contributed by atoms with Crippen LogP contribution in [0.5, 0.6) is 0 Å². The molecule has 1 spiro atoms. The van der Waals surface area contributed by atoms with Crippen molar-refractivity contribution in [2.45, 2.75) is 62.8 Å². The van der Waals surface area contributed by atoms with Crippen LogP contribution in [0.2, 0.25) is 0 Å². The van der Waals surface area contributed by atoms with Crippen LogP contribution in [0.1, 0.15) is 65.7 Å². The zero-order valence-electron chi connectivity index (χ0n) is 19.5. The standard InChI is InChI=1S/C26H28F3N3O3/c1-35-23(34)18-3-5-19(6-4-18)25(10-11-25)31-22(33)20-14-24(8-9-24)12-13-32(20)16-17-2-7-21(30-15-17)26(27,28)29/h2-7,15,20H,8-14,16H2,1H3,(H,31,33). The molecule has 1 unspecified atom stereocenters. The Bertz CT molecular complexity index is 1110. The monoisotopic (exact) mass is 487 g/mol. The number of halogens is 3. The number of alkyl halides is 3. The number of nitrogens with zero attached hydrogens (tertiary/aromatic N) is 2. The first-order valence-corrected chi connectivity index (χ1v) is 11.9. The summed E-state index contributed by atoms with van der Waals surface area (Å²) in [5, 5.41) is 3.27. The van der Waals surface area contributed by atoms with Crippen LogP contribution >= 0.6 is 0 Å². The number of nitrogens with one attached hydrogen (secondary N) is 1. The molecular formula is C26H28F3N3O3. The topological polar surface area (TPSA) is 71.5 Å². The van der Waals surface area contributed by atoms with E-state index >= 15 is 0 Å². The minimum absolute atomic E-state index is 0.0506. The maximum atomic E-state index is 13.6. The first kappa shape index (κ1) is 23.8. The number of hydrogen-bond donors (Lipinski definition) is 1. The number of benzene rings is 1. The normalized spacial score (nSPS) is 22.5. The summed E-state index contributed by atoms with van der Waals surface area (Å²) in [6.45, 7) is 1.10. The van der Waals surface area contributed by atoms with E-state index in [1.54, 1.807) is 12.1 Å². The highest BCUT2D eigenvalue weighted by molar-refractivity contribution is 5.89. The molecule has 35 heavy (non-hydrogen) atoms. The highest BCUT2D eigenvalue weighted by Gasteiger charge is 2.52. The zero-order valence-corrected chi connectivity index (χ0v) is 19.5. The van der Waals surface area contributed by atoms with Crippen molar-refractivity contribution < 1.29 is 27.5 Å². The number of methoxy groups -OCH3 is 1. The Morgan fingerprint density at radius 3 is 2.34 bits per heavy atom. The van der Waals surface area contributed by atoms with Gasteiger partial charge in [-0.1, -0.05) is 18.2 Å². The van der Waals surface area contributed by atoms with E-state index in [0.29, 0.717) is 17.7 Å². The van der Waals surface area contributed by atoms with Crippen molar-refractivity contribution in [1.82, 2.24) is 15.2 Å². The number of amides is 1. The number of likely N-dealkylation sites (tertiary alicyclic amines) is 1. The van der Waals surface area contributed by atoms with Gasteiger partial charge in [-0.15, -0.1) is 0 Å². The maximum absolute atomic E-state index is 13.6. The molecule has 6 nitrogen and oxygen atoms in total. The van der Waals surface area contributed by atoms with Gasteiger partial charge < -0.3 is 10.1 Å². The summed E-state index contributed by atoms with van der Waals surface area (Å²) in [6, 6.07) is 9.21. The summed E-state index contributed by atoms with van der Waals surface area (Å²) >= 11 is 0. The van der Waals surface area contributed by atoms with E-state index in [1.807, 2.05) is 12.1 Å². The summed E-state index contributed by atoms with van der Waals surface area (Å²) in [4.78, 5) is 30.9. The summed E-state index contributed by atoms with van der Waals surface area (Å²) in [5.41, 5.74) is 0.922. The third-order valence-corrected chi connectivity index (χ3v) is 7.73. The van der Waals surface area contributed by atoms with Gasteiger partial charge in [-0.05, 0) is 79.8 Å². The number of ether oxygens (including phenoxy) is 1. The average Bonchev–Trinajstić information content (AvgIpc) is 3.78. The second kappa shape index (κ2) is 8.62. The molecule has 3 fully saturated rings. The molecular weight excluding hydrogens is 459 g/mol. The van der Waals surface area contributed by atoms with Crippen molar-refractivity contribution in [3.63, 3.8) is 0 Å². The molecule has 1 atom stereocenters. The van der Waals surface area contributed by atoms with Crippen molar-refractivity contribution in [3.05, 3.63) is 65.0 Å². The number of esters is 1. The number of carbonyl (C=O) groups excluding carboxylic acids is 2. The lowest BCUT2D eigenvalue weighted by molar-refractivity contribution is -0.141. The van der Waals surface area contributed by atoms with E-state index in [-0.39, 0.29) is 17.4 Å². The van der Waals surface area contributed by atoms with E-state index in [0.717, 1.165) is 56.7 Å². The lowest BCUT2D eigenvalue weighted by Crippen LogP contribution is -2.53. The molecule has 2 aromatic rings. The minimum atomic E-state index is -4.47. The molecule has 1 saturated heterocycles. The van der Waals surface area contributed by atoms with E-state index in [2.05, 4.69) is 15.2 Å². The van der Waals surface area contributed by atoms with Crippen LogP contribution in [0, 0.1) is 5.41 Å². The van der Waals surface area contributed by atoms with Gasteiger partial charge in [0.2, 0.25) is 5.91 Å². The Hall–Kier alpha value is -2.94. The van der Waals surface area contributed by atoms with E-state index in [1.165, 1.54) is 19.4 Å². The maximum Gasteiger partial charge on any atom is 0.433 e. The number of aromatic nitrogens is 1. The van der Waals surface area contributed by atoms with Crippen LogP contribution < -0.4 is 5.32 Å². The van der Waals surface area contributed by atoms with Crippen LogP contribution in [0.15, 0.2) is 42.6 Å². The first-order chi connectivity index (χ1) is 16.6. The molecule has 186 valence electrons. The van der Waals surface area contributed by atoms with Gasteiger partial charge in [-0.2, -0.15) is 13.2 Å². The Kier molecular flexibility index (Phi) is 5.86. The van der Waals surface area contributed by atoms with Crippen molar-refractivity contribution in [2.24, 2.45) is 5.41 Å². The fourth-order valence-electron chi connectivity index (χ4n) is 5.15. The number of rotatable bonds is 6. The average molecular weight is 488 g/mol. The highest BCUT2D eigenvalue weighted by Crippen LogP contribution is 2.55. The predicted molar refractivity (Wildman–Crippen MR) is 121 cm³/mol. The van der Waals surface area contributed by atoms with Gasteiger partial charge in [0.05, 0.1) is 24.3 Å². The summed E-state index contributed by atoms with van der Waals surface area (Å²) in [5.74, 6) is -0.457. The quantitative estimate of drug-likeness (QED) is 0.611. The van der Waals surface area contributed by atoms with Crippen LogP contribution in [0.4, 0.5) is 13.2 Å². The van der Waals surface area contributed by atoms with Crippen LogP contribution in [0.25, 0.3) is 0 Å². The van der Waals surface area contributed by atoms with E-state index in [9.17, 15) is 22.8 Å². The molecule has 1 aromatic carbocycles. The van der Waals surface area contributed by atoms with Gasteiger partial charge in [0.1, 0.15) is 5.69 Å². The Morgan fingerprint density at radius 2 is 1.80 bits per heavy atom. The molecule has 1 N–H and O–H groups in total. The summed E-state index contributed by atoms with van der Waals surface area (Å²) in [7, 11) is 1.34. The van der Waals surface area contributed by atoms with Gasteiger partial charge in [0.15, 0.2) is 0 Å². The zero-order chi connectivity index (χ0) is 24.8. The van der Waals surface area contributed by atoms with E-state index in [4.69, 9.17) is 4.74 Å². The molecule has 2 heterocycles. The van der Waals surface area contributed by atoms with E-state index < -0.39 is 23.4 Å². The molecule has 2 aliphatic carbocycles. The van der Waals surface area contributed by atoms with Crippen LogP contribution in [-0.2, 0) is 27.8 Å². The summed E-state index contributed by atoms with van der Waals surface area (Å²) in [6.07, 6.45) is 2.39. The second-order valence-electron chi connectivity index (χ2n) is 10.1. The number of pyridine rings is 1. The molecule has 0 bridgehead atoms. The Morgan fingerprint density at radius 1 is 1.09 bits per heavy atom. The molecule has 1 amide bonds. The lowest BCUT2D eigenvalue weighted by Gasteiger charge is -2.39. The third kappa shape index (κ3) is 4.91. The lowest BCUT2D eigenvalue weighted by atomic mass is 9.87. The molecule has 3 aliphatic rings. The van der Waals surface area contributed by atoms with Gasteiger partial charge in [0.25, 0.3) is 0 Å². The predicted octanol–water partition coefficient (Wildman–Crippen LogP) is 4.44. The SMILES string of the molecule is COC(=O)c1ccc(C2(NC(=O)C3CC4(CCN3Cc3ccc(C(F)(F)F)nc3)CC4)CC2)cc1. The van der Waals surface area contributed by atoms with Gasteiger partial charge in [0, 0.05) is 12.7 Å². The van der Waals surface area contributed by atoms with Crippen LogP contribution in [0.3, 0.4) is 0 Å². The minimum Gasteiger partial charge on any atom is -0.465 e. The fraction of sp³-hybridized carbons (Fsp3) is 0.500. The molecule has 9 heteroatoms. The van der Waals surface area contributed by atoms with Crippen molar-refractivity contribution in [3.8, 4) is 0 Å². The Labute approximate surface area is 201 Å². The number of piperidine rings is 1. The Balaban J connectivity index is 1.30. The van der Waals surface area contributed by atoms with Gasteiger partial charge in [-0.25, -0.2) is 4.79 Å². The van der Waals surface area contributed by atoms with Gasteiger partial charge >= 0.3 is 12.1 Å². The first-order valence-electron chi connectivity index (χ1n) is 11.9.